The highest BCUT2D eigenvalue weighted by atomic mass is 16.7. The maximum absolute atomic E-state index is 12.4. The Balaban J connectivity index is 1.62. The summed E-state index contributed by atoms with van der Waals surface area (Å²) in [7, 11) is 0. The van der Waals surface area contributed by atoms with Gasteiger partial charge in [-0.3, -0.25) is 9.69 Å². The third-order valence-corrected chi connectivity index (χ3v) is 4.65. The third kappa shape index (κ3) is 2.89. The van der Waals surface area contributed by atoms with Gasteiger partial charge in [0.25, 0.3) is 0 Å². The zero-order valence-electron chi connectivity index (χ0n) is 13.1. The van der Waals surface area contributed by atoms with Crippen LogP contribution in [-0.2, 0) is 4.79 Å². The molecule has 3 N–H and O–H groups in total. The van der Waals surface area contributed by atoms with Crippen molar-refractivity contribution in [3.05, 3.63) is 18.2 Å². The molecule has 1 amide bonds. The Morgan fingerprint density at radius 3 is 2.95 bits per heavy atom. The molecule has 0 saturated carbocycles. The van der Waals surface area contributed by atoms with Gasteiger partial charge in [-0.1, -0.05) is 6.92 Å². The van der Waals surface area contributed by atoms with E-state index in [1.54, 1.807) is 6.07 Å². The third-order valence-electron chi connectivity index (χ3n) is 4.65. The van der Waals surface area contributed by atoms with Crippen LogP contribution >= 0.6 is 0 Å². The van der Waals surface area contributed by atoms with Crippen molar-refractivity contribution in [3.8, 4) is 11.5 Å². The van der Waals surface area contributed by atoms with Crippen LogP contribution in [0.1, 0.15) is 20.3 Å². The second kappa shape index (κ2) is 5.78. The summed E-state index contributed by atoms with van der Waals surface area (Å²) in [4.78, 5) is 14.6. The summed E-state index contributed by atoms with van der Waals surface area (Å²) in [5.74, 6) is 1.37. The molecule has 0 radical (unpaired) electrons. The number of hydrogen-bond acceptors (Lipinski definition) is 5. The van der Waals surface area contributed by atoms with Crippen molar-refractivity contribution in [2.75, 3.05) is 31.7 Å². The lowest BCUT2D eigenvalue weighted by Crippen LogP contribution is -2.42. The number of hydrogen-bond donors (Lipinski definition) is 2. The largest absolute Gasteiger partial charge is 0.454 e. The van der Waals surface area contributed by atoms with E-state index in [1.807, 2.05) is 19.1 Å². The van der Waals surface area contributed by atoms with Gasteiger partial charge in [0.1, 0.15) is 0 Å². The van der Waals surface area contributed by atoms with Crippen LogP contribution in [0.4, 0.5) is 5.69 Å². The number of carbonyl (C=O) groups is 1. The number of amides is 1. The van der Waals surface area contributed by atoms with E-state index in [9.17, 15) is 4.79 Å². The number of nitrogens with one attached hydrogen (secondary N) is 1. The molecule has 22 heavy (non-hydrogen) atoms. The molecule has 0 aliphatic carbocycles. The fourth-order valence-corrected chi connectivity index (χ4v) is 2.95. The molecule has 120 valence electrons. The van der Waals surface area contributed by atoms with E-state index < -0.39 is 0 Å². The normalized spacial score (nSPS) is 25.2. The molecular formula is C16H23N3O3. The summed E-state index contributed by atoms with van der Waals surface area (Å²) in [5.41, 5.74) is 6.67. The Morgan fingerprint density at radius 1 is 1.45 bits per heavy atom. The van der Waals surface area contributed by atoms with Gasteiger partial charge in [-0.25, -0.2) is 0 Å². The number of nitrogens with two attached hydrogens (primary N) is 1. The lowest BCUT2D eigenvalue weighted by Gasteiger charge is -2.26. The molecule has 1 aromatic rings. The number of benzene rings is 1. The van der Waals surface area contributed by atoms with Crippen molar-refractivity contribution in [2.24, 2.45) is 11.1 Å². The number of fused-ring (bicyclic) bond motifs is 1. The molecule has 2 heterocycles. The number of carbonyl (C=O) groups excluding carboxylic acids is 1. The van der Waals surface area contributed by atoms with Crippen LogP contribution in [0.15, 0.2) is 18.2 Å². The summed E-state index contributed by atoms with van der Waals surface area (Å²) in [6.07, 6.45) is 1.03. The Kier molecular flexibility index (Phi) is 3.97. The van der Waals surface area contributed by atoms with E-state index in [0.717, 1.165) is 25.2 Å². The van der Waals surface area contributed by atoms with Gasteiger partial charge in [0.15, 0.2) is 11.5 Å². The van der Waals surface area contributed by atoms with Crippen molar-refractivity contribution in [1.82, 2.24) is 4.90 Å². The Hall–Kier alpha value is -1.79. The Labute approximate surface area is 130 Å². The number of rotatable bonds is 4. The monoisotopic (exact) mass is 305 g/mol. The molecule has 3 rings (SSSR count). The molecule has 1 fully saturated rings. The quantitative estimate of drug-likeness (QED) is 0.879. The zero-order chi connectivity index (χ0) is 15.7. The topological polar surface area (TPSA) is 76.8 Å². The van der Waals surface area contributed by atoms with E-state index in [2.05, 4.69) is 17.1 Å². The van der Waals surface area contributed by atoms with Crippen LogP contribution in [-0.4, -0.2) is 43.3 Å². The molecule has 1 aromatic carbocycles. The minimum Gasteiger partial charge on any atom is -0.454 e. The predicted octanol–water partition coefficient (Wildman–Crippen LogP) is 1.41. The van der Waals surface area contributed by atoms with Crippen molar-refractivity contribution >= 4 is 11.6 Å². The summed E-state index contributed by atoms with van der Waals surface area (Å²) in [6, 6.07) is 5.25. The average Bonchev–Trinajstić information content (AvgIpc) is 3.13. The van der Waals surface area contributed by atoms with Gasteiger partial charge < -0.3 is 20.5 Å². The van der Waals surface area contributed by atoms with Gasteiger partial charge in [-0.05, 0) is 44.0 Å². The lowest BCUT2D eigenvalue weighted by molar-refractivity contribution is -0.120. The van der Waals surface area contributed by atoms with Crippen LogP contribution in [0.2, 0.25) is 0 Å². The first-order valence-electron chi connectivity index (χ1n) is 7.65. The summed E-state index contributed by atoms with van der Waals surface area (Å²) < 4.78 is 10.6. The first-order valence-corrected chi connectivity index (χ1v) is 7.65. The molecule has 2 atom stereocenters. The maximum Gasteiger partial charge on any atom is 0.241 e. The first kappa shape index (κ1) is 15.1. The highest BCUT2D eigenvalue weighted by Gasteiger charge is 2.36. The molecule has 2 aliphatic heterocycles. The fraction of sp³-hybridized carbons (Fsp3) is 0.562. The van der Waals surface area contributed by atoms with Gasteiger partial charge in [-0.2, -0.15) is 0 Å². The van der Waals surface area contributed by atoms with Gasteiger partial charge in [0, 0.05) is 18.3 Å². The minimum atomic E-state index is -0.182. The highest BCUT2D eigenvalue weighted by molar-refractivity contribution is 5.94. The van der Waals surface area contributed by atoms with Crippen LogP contribution in [0.5, 0.6) is 11.5 Å². The lowest BCUT2D eigenvalue weighted by atomic mass is 9.90. The molecule has 1 saturated heterocycles. The molecule has 6 nitrogen and oxygen atoms in total. The molecule has 0 spiro atoms. The Morgan fingerprint density at radius 2 is 2.23 bits per heavy atom. The van der Waals surface area contributed by atoms with E-state index >= 15 is 0 Å². The maximum atomic E-state index is 12.4. The number of anilines is 1. The van der Waals surface area contributed by atoms with Crippen molar-refractivity contribution < 1.29 is 14.3 Å². The summed E-state index contributed by atoms with van der Waals surface area (Å²) >= 11 is 0. The van der Waals surface area contributed by atoms with Gasteiger partial charge >= 0.3 is 0 Å². The van der Waals surface area contributed by atoms with Crippen LogP contribution in [0.25, 0.3) is 0 Å². The standard InChI is InChI=1S/C16H23N3O3/c1-11(19-6-5-16(2,8-17)9-19)15(20)18-12-3-4-13-14(7-12)22-10-21-13/h3-4,7,11H,5-6,8-10,17H2,1-2H3,(H,18,20). The van der Waals surface area contributed by atoms with Gasteiger partial charge in [-0.15, -0.1) is 0 Å². The van der Waals surface area contributed by atoms with E-state index in [-0.39, 0.29) is 24.2 Å². The second-order valence-electron chi connectivity index (χ2n) is 6.47. The smallest absolute Gasteiger partial charge is 0.241 e. The summed E-state index contributed by atoms with van der Waals surface area (Å²) in [5, 5.41) is 2.95. The number of ether oxygens (including phenoxy) is 2. The van der Waals surface area contributed by atoms with Crippen LogP contribution in [0, 0.1) is 5.41 Å². The number of nitrogens with zero attached hydrogens (tertiary/aromatic N) is 1. The molecule has 2 aliphatic rings. The highest BCUT2D eigenvalue weighted by Crippen LogP contribution is 2.34. The summed E-state index contributed by atoms with van der Waals surface area (Å²) in [6.45, 7) is 6.76. The molecule has 0 aromatic heterocycles. The Bertz CT molecular complexity index is 578. The van der Waals surface area contributed by atoms with E-state index in [1.165, 1.54) is 0 Å². The van der Waals surface area contributed by atoms with Crippen LogP contribution < -0.4 is 20.5 Å². The van der Waals surface area contributed by atoms with Gasteiger partial charge in [0.2, 0.25) is 12.7 Å². The van der Waals surface area contributed by atoms with Crippen LogP contribution in [0.3, 0.4) is 0 Å². The molecule has 0 bridgehead atoms. The van der Waals surface area contributed by atoms with Crippen molar-refractivity contribution in [3.63, 3.8) is 0 Å². The first-order chi connectivity index (χ1) is 10.5. The average molecular weight is 305 g/mol. The van der Waals surface area contributed by atoms with Crippen molar-refractivity contribution in [1.29, 1.82) is 0 Å². The fourth-order valence-electron chi connectivity index (χ4n) is 2.95. The SMILES string of the molecule is CC(C(=O)Nc1ccc2c(c1)OCO2)N1CCC(C)(CN)C1. The van der Waals surface area contributed by atoms with Crippen molar-refractivity contribution in [2.45, 2.75) is 26.3 Å². The van der Waals surface area contributed by atoms with E-state index in [4.69, 9.17) is 15.2 Å². The minimum absolute atomic E-state index is 0.0138. The second-order valence-corrected chi connectivity index (χ2v) is 6.47. The molecule has 2 unspecified atom stereocenters. The van der Waals surface area contributed by atoms with Gasteiger partial charge in [0.05, 0.1) is 6.04 Å². The number of likely N-dealkylation sites (tertiary alicyclic amines) is 1. The van der Waals surface area contributed by atoms with E-state index in [0.29, 0.717) is 18.0 Å². The zero-order valence-corrected chi connectivity index (χ0v) is 13.1. The molecular weight excluding hydrogens is 282 g/mol. The predicted molar refractivity (Wildman–Crippen MR) is 84.0 cm³/mol. The molecule has 6 heteroatoms.